The summed E-state index contributed by atoms with van der Waals surface area (Å²) in [6.07, 6.45) is -3.08. The van der Waals surface area contributed by atoms with E-state index in [1.165, 1.54) is 55.6 Å². The third-order valence-electron chi connectivity index (χ3n) is 9.94. The predicted octanol–water partition coefficient (Wildman–Crippen LogP) is 6.87. The van der Waals surface area contributed by atoms with Gasteiger partial charge in [0.15, 0.2) is 38.0 Å². The Labute approximate surface area is 376 Å². The van der Waals surface area contributed by atoms with E-state index in [0.717, 1.165) is 11.1 Å². The molecule has 0 saturated heterocycles. The van der Waals surface area contributed by atoms with E-state index in [1.54, 1.807) is 59.2 Å². The highest BCUT2D eigenvalue weighted by atomic mass is 32.2. The van der Waals surface area contributed by atoms with E-state index < -0.39 is 86.5 Å². The minimum Gasteiger partial charge on any atom is -0.484 e. The Hall–Kier alpha value is -6.12. The molecule has 20 heteroatoms. The quantitative estimate of drug-likeness (QED) is 0.0722. The zero-order valence-corrected chi connectivity index (χ0v) is 37.8. The number of aromatic nitrogens is 3. The number of halogens is 3. The van der Waals surface area contributed by atoms with Gasteiger partial charge in [-0.25, -0.2) is 31.4 Å². The van der Waals surface area contributed by atoms with Crippen molar-refractivity contribution in [2.24, 2.45) is 0 Å². The number of nitrogens with zero attached hydrogens (tertiary/aromatic N) is 3. The summed E-state index contributed by atoms with van der Waals surface area (Å²) in [5.41, 5.74) is 3.82. The molecular formula is C45H44F3N3O11S3. The molecule has 0 radical (unpaired) electrons. The Morgan fingerprint density at radius 3 is 2.00 bits per heavy atom. The van der Waals surface area contributed by atoms with E-state index in [2.05, 4.69) is 9.97 Å². The zero-order valence-electron chi connectivity index (χ0n) is 35.4. The highest BCUT2D eigenvalue weighted by Gasteiger charge is 2.29. The van der Waals surface area contributed by atoms with Crippen molar-refractivity contribution in [3.63, 3.8) is 0 Å². The monoisotopic (exact) mass is 955 g/mol. The number of benzene rings is 4. The van der Waals surface area contributed by atoms with Crippen LogP contribution in [0.4, 0.5) is 13.2 Å². The standard InChI is InChI=1S/C45H44F3N3O11S3/c1-30-8-13-34(14-9-30)64(55,56)24-22-59-42(52)27-61-41-17-12-33(26-36(41)43(53)60-23-25-65(57,58)35-15-10-31(2)11-16-35)19-21-51-39-7-5-4-6-37(39)50-44(51)63(54)28-38-32(3)40(18-20-49-38)62-29-45(46,47)48/h4-18,20,26H,19,21-25,27-29H2,1-3H3. The van der Waals surface area contributed by atoms with Crippen LogP contribution in [-0.4, -0.2) is 91.6 Å². The van der Waals surface area contributed by atoms with E-state index in [1.807, 2.05) is 13.8 Å². The topological polar surface area (TPSA) is 187 Å². The van der Waals surface area contributed by atoms with Gasteiger partial charge in [-0.1, -0.05) is 53.6 Å². The first-order chi connectivity index (χ1) is 30.8. The van der Waals surface area contributed by atoms with Gasteiger partial charge in [0.2, 0.25) is 0 Å². The van der Waals surface area contributed by atoms with Crippen LogP contribution in [0, 0.1) is 20.8 Å². The number of alkyl halides is 3. The molecule has 0 saturated carbocycles. The fourth-order valence-electron chi connectivity index (χ4n) is 6.40. The second kappa shape index (κ2) is 20.8. The van der Waals surface area contributed by atoms with Crippen molar-refractivity contribution < 1.29 is 62.8 Å². The lowest BCUT2D eigenvalue weighted by atomic mass is 10.1. The van der Waals surface area contributed by atoms with Crippen LogP contribution in [0.3, 0.4) is 0 Å². The summed E-state index contributed by atoms with van der Waals surface area (Å²) in [5, 5.41) is 0.161. The lowest BCUT2D eigenvalue weighted by Crippen LogP contribution is -2.21. The van der Waals surface area contributed by atoms with Crippen LogP contribution in [0.1, 0.15) is 38.3 Å². The molecular weight excluding hydrogens is 912 g/mol. The van der Waals surface area contributed by atoms with Crippen molar-refractivity contribution in [3.05, 3.63) is 137 Å². The molecule has 2 aromatic heterocycles. The van der Waals surface area contributed by atoms with Gasteiger partial charge in [0, 0.05) is 18.3 Å². The fourth-order valence-corrected chi connectivity index (χ4v) is 9.89. The largest absolute Gasteiger partial charge is 0.484 e. The Kier molecular flexibility index (Phi) is 15.5. The van der Waals surface area contributed by atoms with Gasteiger partial charge in [-0.3, -0.25) is 9.19 Å². The average molecular weight is 956 g/mol. The number of rotatable bonds is 20. The van der Waals surface area contributed by atoms with E-state index in [-0.39, 0.29) is 56.4 Å². The molecule has 0 aliphatic heterocycles. The summed E-state index contributed by atoms with van der Waals surface area (Å²) >= 11 is 0. The van der Waals surface area contributed by atoms with E-state index in [9.17, 15) is 43.8 Å². The van der Waals surface area contributed by atoms with Gasteiger partial charge in [0.05, 0.1) is 54.6 Å². The molecule has 6 aromatic rings. The van der Waals surface area contributed by atoms with Gasteiger partial charge < -0.3 is 23.5 Å². The minimum absolute atomic E-state index is 0.0475. The fraction of sp³-hybridized carbons (Fsp3) is 0.289. The first-order valence-electron chi connectivity index (χ1n) is 19.9. The molecule has 0 fully saturated rings. The number of imidazole rings is 1. The third-order valence-corrected chi connectivity index (χ3v) is 14.6. The van der Waals surface area contributed by atoms with Crippen molar-refractivity contribution in [2.75, 3.05) is 37.9 Å². The lowest BCUT2D eigenvalue weighted by molar-refractivity contribution is -0.153. The second-order valence-electron chi connectivity index (χ2n) is 14.8. The van der Waals surface area contributed by atoms with Crippen molar-refractivity contribution in [1.82, 2.24) is 14.5 Å². The molecule has 65 heavy (non-hydrogen) atoms. The van der Waals surface area contributed by atoms with Crippen molar-refractivity contribution in [1.29, 1.82) is 0 Å². The van der Waals surface area contributed by atoms with Crippen molar-refractivity contribution in [3.8, 4) is 11.5 Å². The average Bonchev–Trinajstić information content (AvgIpc) is 3.64. The first kappa shape index (κ1) is 48.3. The number of hydrogen-bond acceptors (Lipinski definition) is 13. The molecule has 1 unspecified atom stereocenters. The number of esters is 2. The molecule has 14 nitrogen and oxygen atoms in total. The number of para-hydroxylation sites is 2. The summed E-state index contributed by atoms with van der Waals surface area (Å²) in [4.78, 5) is 35.3. The minimum atomic E-state index is -4.56. The number of ether oxygens (including phenoxy) is 4. The molecule has 4 aromatic carbocycles. The summed E-state index contributed by atoms with van der Waals surface area (Å²) in [6.45, 7) is 2.12. The van der Waals surface area contributed by atoms with Crippen LogP contribution in [0.5, 0.6) is 11.5 Å². The van der Waals surface area contributed by atoms with Crippen molar-refractivity contribution in [2.45, 2.75) is 60.6 Å². The lowest BCUT2D eigenvalue weighted by Gasteiger charge is -2.15. The number of aryl methyl sites for hydroxylation is 4. The number of hydrogen-bond donors (Lipinski definition) is 0. The summed E-state index contributed by atoms with van der Waals surface area (Å²) in [6, 6.07) is 25.2. The Bertz CT molecular complexity index is 2920. The van der Waals surface area contributed by atoms with Crippen LogP contribution in [0.15, 0.2) is 118 Å². The highest BCUT2D eigenvalue weighted by Crippen LogP contribution is 2.28. The SMILES string of the molecule is Cc1ccc(S(=O)(=O)CCOC(=O)COc2ccc(CCn3c(S(=O)Cc4nccc(OCC(F)(F)F)c4C)nc4ccccc43)cc2C(=O)OCCS(=O)(=O)c2ccc(C)cc2)cc1. The molecule has 0 amide bonds. The molecule has 0 aliphatic carbocycles. The number of carbonyl (C=O) groups excluding carboxylic acids is 2. The Balaban J connectivity index is 1.19. The van der Waals surface area contributed by atoms with Crippen molar-refractivity contribution >= 4 is 53.4 Å². The van der Waals surface area contributed by atoms with Crippen LogP contribution >= 0.6 is 0 Å². The van der Waals surface area contributed by atoms with Gasteiger partial charge in [0.1, 0.15) is 30.3 Å². The second-order valence-corrected chi connectivity index (χ2v) is 20.4. The molecule has 0 bridgehead atoms. The Morgan fingerprint density at radius 1 is 0.754 bits per heavy atom. The molecule has 0 aliphatic rings. The smallest absolute Gasteiger partial charge is 0.422 e. The number of carbonyl (C=O) groups is 2. The number of sulfone groups is 2. The maximum absolute atomic E-state index is 14.0. The van der Waals surface area contributed by atoms with Crippen LogP contribution in [-0.2, 0) is 63.5 Å². The number of pyridine rings is 1. The molecule has 0 spiro atoms. The van der Waals surface area contributed by atoms with Gasteiger partial charge in [0.25, 0.3) is 0 Å². The zero-order chi connectivity index (χ0) is 46.9. The maximum atomic E-state index is 14.0. The normalized spacial score (nSPS) is 12.5. The van der Waals surface area contributed by atoms with Gasteiger partial charge >= 0.3 is 18.1 Å². The van der Waals surface area contributed by atoms with Gasteiger partial charge in [-0.2, -0.15) is 13.2 Å². The van der Waals surface area contributed by atoms with Gasteiger partial charge in [-0.15, -0.1) is 0 Å². The maximum Gasteiger partial charge on any atom is 0.422 e. The van der Waals surface area contributed by atoms with Crippen LogP contribution < -0.4 is 9.47 Å². The van der Waals surface area contributed by atoms with Crippen LogP contribution in [0.2, 0.25) is 0 Å². The predicted molar refractivity (Wildman–Crippen MR) is 234 cm³/mol. The molecule has 344 valence electrons. The molecule has 6 rings (SSSR count). The van der Waals surface area contributed by atoms with Gasteiger partial charge in [-0.05, 0) is 87.4 Å². The molecule has 0 N–H and O–H groups in total. The third kappa shape index (κ3) is 13.0. The van der Waals surface area contributed by atoms with E-state index in [0.29, 0.717) is 22.2 Å². The van der Waals surface area contributed by atoms with Crippen LogP contribution in [0.25, 0.3) is 11.0 Å². The number of fused-ring (bicyclic) bond motifs is 1. The highest BCUT2D eigenvalue weighted by molar-refractivity contribution is 7.91. The summed E-state index contributed by atoms with van der Waals surface area (Å²) in [7, 11) is -9.43. The van der Waals surface area contributed by atoms with E-state index >= 15 is 0 Å². The first-order valence-corrected chi connectivity index (χ1v) is 24.6. The summed E-state index contributed by atoms with van der Waals surface area (Å²) < 4.78 is 127. The molecule has 2 heterocycles. The summed E-state index contributed by atoms with van der Waals surface area (Å²) in [5.74, 6) is -3.23. The van der Waals surface area contributed by atoms with E-state index in [4.69, 9.17) is 18.9 Å². The molecule has 1 atom stereocenters. The Morgan fingerprint density at radius 2 is 1.37 bits per heavy atom.